The molecule has 0 bridgehead atoms. The lowest BCUT2D eigenvalue weighted by molar-refractivity contribution is 0.106. The number of hydrogen-bond acceptors (Lipinski definition) is 9. The quantitative estimate of drug-likeness (QED) is 0.0929. The van der Waals surface area contributed by atoms with E-state index in [1.165, 1.54) is 90.6 Å². The van der Waals surface area contributed by atoms with Gasteiger partial charge in [0.1, 0.15) is 6.35 Å². The third-order valence-electron chi connectivity index (χ3n) is 6.74. The van der Waals surface area contributed by atoms with Crippen LogP contribution in [0.1, 0.15) is 103 Å². The average Bonchev–Trinajstić information content (AvgIpc) is 3.34. The molecule has 1 unspecified atom stereocenters. The Morgan fingerprint density at radius 3 is 2.05 bits per heavy atom. The molecule has 0 aliphatic rings. The van der Waals surface area contributed by atoms with Crippen molar-refractivity contribution >= 4 is 24.7 Å². The second kappa shape index (κ2) is 21.0. The van der Waals surface area contributed by atoms with Crippen molar-refractivity contribution in [1.82, 2.24) is 19.5 Å². The number of anilines is 1. The van der Waals surface area contributed by atoms with E-state index in [0.717, 1.165) is 13.0 Å². The molecule has 0 aliphatic carbocycles. The van der Waals surface area contributed by atoms with Crippen LogP contribution in [0.15, 0.2) is 6.33 Å². The summed E-state index contributed by atoms with van der Waals surface area (Å²) in [6.07, 6.45) is 20.4. The Morgan fingerprint density at radius 1 is 0.825 bits per heavy atom. The van der Waals surface area contributed by atoms with Gasteiger partial charge in [-0.05, 0) is 12.8 Å². The van der Waals surface area contributed by atoms with Crippen LogP contribution in [0.4, 0.5) is 5.95 Å². The fourth-order valence-corrected chi connectivity index (χ4v) is 5.34. The molecule has 0 spiro atoms. The number of hydrogen-bond donors (Lipinski definition) is 2. The number of nitrogens with two attached hydrogens (primary N) is 1. The van der Waals surface area contributed by atoms with Gasteiger partial charge in [0.25, 0.3) is 0 Å². The first-order valence-corrected chi connectivity index (χ1v) is 16.9. The van der Waals surface area contributed by atoms with Gasteiger partial charge in [-0.2, -0.15) is 9.97 Å². The molecule has 2 heterocycles. The number of nitrogens with zero attached hydrogens (tertiary/aromatic N) is 4. The van der Waals surface area contributed by atoms with Crippen molar-refractivity contribution in [2.24, 2.45) is 0 Å². The van der Waals surface area contributed by atoms with E-state index in [9.17, 15) is 9.46 Å². The van der Waals surface area contributed by atoms with Crippen LogP contribution in [0.25, 0.3) is 11.2 Å². The summed E-state index contributed by atoms with van der Waals surface area (Å²) in [7, 11) is -2.35. The fourth-order valence-electron chi connectivity index (χ4n) is 4.49. The smallest absolute Gasteiger partial charge is 0.353 e. The van der Waals surface area contributed by atoms with Gasteiger partial charge in [-0.3, -0.25) is 4.57 Å². The zero-order chi connectivity index (χ0) is 28.9. The highest BCUT2D eigenvalue weighted by Gasteiger charge is 2.19. The fraction of sp³-hybridized carbons (Fsp3) is 0.821. The Balaban J connectivity index is 1.38. The molecule has 2 rings (SSSR count). The van der Waals surface area contributed by atoms with Crippen molar-refractivity contribution in [1.29, 1.82) is 0 Å². The molecular weight excluding hydrogens is 533 g/mol. The van der Waals surface area contributed by atoms with Gasteiger partial charge in [0.2, 0.25) is 11.8 Å². The van der Waals surface area contributed by atoms with E-state index < -0.39 is 7.60 Å². The first-order valence-electron chi connectivity index (χ1n) is 15.1. The second-order valence-electron chi connectivity index (χ2n) is 10.3. The lowest BCUT2D eigenvalue weighted by Crippen LogP contribution is -2.09. The summed E-state index contributed by atoms with van der Waals surface area (Å²) >= 11 is 0. The van der Waals surface area contributed by atoms with Crippen LogP contribution in [-0.4, -0.2) is 64.3 Å². The highest BCUT2D eigenvalue weighted by atomic mass is 31.2. The van der Waals surface area contributed by atoms with E-state index in [1.807, 2.05) is 0 Å². The molecule has 0 aromatic carbocycles. The molecule has 0 radical (unpaired) electrons. The first-order chi connectivity index (χ1) is 19.5. The van der Waals surface area contributed by atoms with Gasteiger partial charge in [0.05, 0.1) is 26.7 Å². The summed E-state index contributed by atoms with van der Waals surface area (Å²) in [6, 6.07) is 0. The van der Waals surface area contributed by atoms with Crippen molar-refractivity contribution in [2.45, 2.75) is 110 Å². The Morgan fingerprint density at radius 2 is 1.43 bits per heavy atom. The lowest BCUT2D eigenvalue weighted by atomic mass is 10.0. The van der Waals surface area contributed by atoms with Gasteiger partial charge >= 0.3 is 7.60 Å². The first kappa shape index (κ1) is 34.4. The topological polar surface area (TPSA) is 144 Å². The molecule has 40 heavy (non-hydrogen) atoms. The van der Waals surface area contributed by atoms with E-state index in [0.29, 0.717) is 36.6 Å². The van der Waals surface area contributed by atoms with E-state index in [1.54, 1.807) is 10.9 Å². The minimum absolute atomic E-state index is 0.0730. The van der Waals surface area contributed by atoms with E-state index in [4.69, 9.17) is 24.5 Å². The number of nitrogen functional groups attached to an aromatic ring is 1. The maximum Gasteiger partial charge on any atom is 0.353 e. The molecule has 1 atom stereocenters. The monoisotopic (exact) mass is 585 g/mol. The van der Waals surface area contributed by atoms with Gasteiger partial charge in [0.15, 0.2) is 11.2 Å². The van der Waals surface area contributed by atoms with Crippen LogP contribution in [-0.2, 0) is 25.1 Å². The maximum absolute atomic E-state index is 12.2. The van der Waals surface area contributed by atoms with Crippen LogP contribution < -0.4 is 10.5 Å². The molecule has 3 N–H and O–H groups in total. The Labute approximate surface area is 240 Å². The zero-order valence-electron chi connectivity index (χ0n) is 24.7. The van der Waals surface area contributed by atoms with E-state index in [2.05, 4.69) is 21.9 Å². The molecule has 0 amide bonds. The van der Waals surface area contributed by atoms with Crippen molar-refractivity contribution in [2.75, 3.05) is 45.6 Å². The highest BCUT2D eigenvalue weighted by Crippen LogP contribution is 2.41. The summed E-state index contributed by atoms with van der Waals surface area (Å²) in [6.45, 7) is 4.20. The van der Waals surface area contributed by atoms with Crippen molar-refractivity contribution in [3.05, 3.63) is 6.33 Å². The summed E-state index contributed by atoms with van der Waals surface area (Å²) in [5, 5.41) is 0. The Kier molecular flexibility index (Phi) is 18.1. The number of unbranched alkanes of at least 4 members (excludes halogenated alkanes) is 13. The van der Waals surface area contributed by atoms with Gasteiger partial charge in [-0.1, -0.05) is 90.4 Å². The minimum atomic E-state index is -3.83. The average molecular weight is 586 g/mol. The molecule has 0 saturated heterocycles. The molecule has 0 fully saturated rings. The number of methoxy groups -OCH3 is 1. The van der Waals surface area contributed by atoms with E-state index >= 15 is 0 Å². The molecule has 2 aromatic heterocycles. The molecule has 0 saturated carbocycles. The van der Waals surface area contributed by atoms with Crippen LogP contribution in [0.5, 0.6) is 5.88 Å². The number of ether oxygens (including phenoxy) is 3. The number of imidazole rings is 1. The molecule has 230 valence electrons. The second-order valence-corrected chi connectivity index (χ2v) is 12.1. The van der Waals surface area contributed by atoms with Gasteiger partial charge in [-0.25, -0.2) is 4.98 Å². The number of fused-ring (bicyclic) bond motifs is 1. The SMILES string of the molecule is CCCCCCCCCCCCCCCCOCCCOP(=O)(O)COCCn1cnc2c(OC)nc(N)nc21. The van der Waals surface area contributed by atoms with Gasteiger partial charge in [0, 0.05) is 19.8 Å². The maximum atomic E-state index is 12.2. The van der Waals surface area contributed by atoms with Crippen LogP contribution in [0, 0.1) is 0 Å². The third-order valence-corrected chi connectivity index (χ3v) is 7.84. The molecular formula is C28H52N5O6P. The Bertz CT molecular complexity index is 976. The summed E-state index contributed by atoms with van der Waals surface area (Å²) in [5.74, 6) is 0.364. The van der Waals surface area contributed by atoms with Crippen molar-refractivity contribution in [3.63, 3.8) is 0 Å². The van der Waals surface area contributed by atoms with Gasteiger partial charge < -0.3 is 33.9 Å². The highest BCUT2D eigenvalue weighted by molar-refractivity contribution is 7.52. The molecule has 0 aliphatic heterocycles. The molecule has 11 nitrogen and oxygen atoms in total. The third kappa shape index (κ3) is 14.7. The van der Waals surface area contributed by atoms with E-state index in [-0.39, 0.29) is 25.5 Å². The molecule has 2 aromatic rings. The normalized spacial score (nSPS) is 13.2. The predicted octanol–water partition coefficient (Wildman–Crippen LogP) is 6.48. The minimum Gasteiger partial charge on any atom is -0.479 e. The standard InChI is InChI=1S/C28H52N5O6P/c1-3-4-5-6-7-8-9-10-11-12-13-14-15-16-19-37-20-17-21-39-40(34,35)24-38-22-18-33-23-30-25-26(33)31-28(29)32-27(25)36-2/h23H,3-22,24H2,1-2H3,(H,34,35)(H2,29,31,32). The summed E-state index contributed by atoms with van der Waals surface area (Å²) in [5.41, 5.74) is 6.70. The van der Waals surface area contributed by atoms with Crippen molar-refractivity contribution in [3.8, 4) is 5.88 Å². The van der Waals surface area contributed by atoms with Crippen LogP contribution >= 0.6 is 7.60 Å². The summed E-state index contributed by atoms with van der Waals surface area (Å²) < 4.78 is 35.2. The predicted molar refractivity (Wildman–Crippen MR) is 159 cm³/mol. The van der Waals surface area contributed by atoms with Crippen LogP contribution in [0.2, 0.25) is 0 Å². The number of aromatic nitrogens is 4. The lowest BCUT2D eigenvalue weighted by Gasteiger charge is -2.13. The van der Waals surface area contributed by atoms with Gasteiger partial charge in [-0.15, -0.1) is 0 Å². The van der Waals surface area contributed by atoms with Crippen molar-refractivity contribution < 1.29 is 28.2 Å². The largest absolute Gasteiger partial charge is 0.479 e. The number of rotatable bonds is 26. The Hall–Kier alpha value is -1.78. The summed E-state index contributed by atoms with van der Waals surface area (Å²) in [4.78, 5) is 22.4. The van der Waals surface area contributed by atoms with Crippen LogP contribution in [0.3, 0.4) is 0 Å². The molecule has 12 heteroatoms. The zero-order valence-corrected chi connectivity index (χ0v) is 25.6.